The van der Waals surface area contributed by atoms with Gasteiger partial charge in [0.1, 0.15) is 0 Å². The van der Waals surface area contributed by atoms with E-state index in [1.54, 1.807) is 0 Å². The molecule has 0 amide bonds. The van der Waals surface area contributed by atoms with Crippen molar-refractivity contribution in [3.63, 3.8) is 0 Å². The second-order valence-corrected chi connectivity index (χ2v) is 9.15. The molecule has 2 aliphatic heterocycles. The summed E-state index contributed by atoms with van der Waals surface area (Å²) in [6.45, 7) is 8.41. The Labute approximate surface area is 159 Å². The summed E-state index contributed by atoms with van der Waals surface area (Å²) in [6, 6.07) is 19.6. The van der Waals surface area contributed by atoms with E-state index in [2.05, 4.69) is 82.3 Å². The molecule has 0 unspecified atom stereocenters. The van der Waals surface area contributed by atoms with Crippen LogP contribution in [0.5, 0.6) is 0 Å². The first-order valence-electron chi connectivity index (χ1n) is 9.06. The second kappa shape index (κ2) is 5.38. The highest BCUT2D eigenvalue weighted by Gasteiger charge is 2.52. The molecule has 0 atom stereocenters. The molecular weight excluding hydrogens is 339 g/mol. The lowest BCUT2D eigenvalue weighted by atomic mass is 9.75. The minimum Gasteiger partial charge on any atom is -0.399 e. The van der Waals surface area contributed by atoms with E-state index >= 15 is 0 Å². The lowest BCUT2D eigenvalue weighted by Crippen LogP contribution is -2.41. The second-order valence-electron chi connectivity index (χ2n) is 8.07. The zero-order valence-corrected chi connectivity index (χ0v) is 16.3. The van der Waals surface area contributed by atoms with Crippen LogP contribution in [0.4, 0.5) is 0 Å². The monoisotopic (exact) mass is 360 g/mol. The Morgan fingerprint density at radius 1 is 0.731 bits per heavy atom. The van der Waals surface area contributed by atoms with Gasteiger partial charge in [-0.3, -0.25) is 0 Å². The number of hydrogen-bond donors (Lipinski definition) is 0. The lowest BCUT2D eigenvalue weighted by molar-refractivity contribution is 0.00578. The fourth-order valence-corrected chi connectivity index (χ4v) is 4.92. The number of benzene rings is 3. The van der Waals surface area contributed by atoms with Crippen LogP contribution in [0.2, 0.25) is 0 Å². The van der Waals surface area contributed by atoms with Crippen molar-refractivity contribution in [3.8, 4) is 11.1 Å². The van der Waals surface area contributed by atoms with Crippen LogP contribution in [0.3, 0.4) is 0 Å². The Morgan fingerprint density at radius 3 is 2.19 bits per heavy atom. The van der Waals surface area contributed by atoms with Gasteiger partial charge in [0.25, 0.3) is 0 Å². The third-order valence-corrected chi connectivity index (χ3v) is 7.08. The summed E-state index contributed by atoms with van der Waals surface area (Å²) in [7, 11) is -0.341. The van der Waals surface area contributed by atoms with Crippen LogP contribution >= 0.6 is 11.8 Å². The van der Waals surface area contributed by atoms with Crippen molar-refractivity contribution in [3.05, 3.63) is 54.6 Å². The molecule has 3 aromatic carbocycles. The number of hydrogen-bond acceptors (Lipinski definition) is 3. The normalized spacial score (nSPS) is 19.6. The van der Waals surface area contributed by atoms with Gasteiger partial charge in [-0.25, -0.2) is 0 Å². The molecule has 0 spiro atoms. The van der Waals surface area contributed by atoms with Crippen molar-refractivity contribution in [2.45, 2.75) is 48.7 Å². The van der Waals surface area contributed by atoms with Gasteiger partial charge in [0, 0.05) is 15.2 Å². The smallest absolute Gasteiger partial charge is 0.399 e. The standard InChI is InChI=1S/C22H21BO2S/c1-21(2)22(3,4)25-23(24-21)17-13-12-15-14-8-5-6-10-18(14)26-19-11-7-9-16(17)20(15)19/h5-13H,1-4H3. The zero-order valence-electron chi connectivity index (χ0n) is 15.5. The van der Waals surface area contributed by atoms with E-state index in [9.17, 15) is 0 Å². The number of rotatable bonds is 1. The van der Waals surface area contributed by atoms with Crippen molar-refractivity contribution < 1.29 is 9.31 Å². The molecule has 4 heteroatoms. The van der Waals surface area contributed by atoms with Gasteiger partial charge in [-0.05, 0) is 61.8 Å². The molecule has 0 aromatic heterocycles. The van der Waals surface area contributed by atoms with Gasteiger partial charge < -0.3 is 9.31 Å². The summed E-state index contributed by atoms with van der Waals surface area (Å²) in [5.74, 6) is 0. The topological polar surface area (TPSA) is 18.5 Å². The molecule has 0 N–H and O–H groups in total. The average molecular weight is 360 g/mol. The van der Waals surface area contributed by atoms with Gasteiger partial charge in [0.15, 0.2) is 0 Å². The maximum Gasteiger partial charge on any atom is 0.495 e. The van der Waals surface area contributed by atoms with Crippen molar-refractivity contribution in [1.82, 2.24) is 0 Å². The van der Waals surface area contributed by atoms with Crippen molar-refractivity contribution in [2.75, 3.05) is 0 Å². The first kappa shape index (κ1) is 16.4. The molecule has 130 valence electrons. The molecule has 2 aliphatic rings. The van der Waals surface area contributed by atoms with Gasteiger partial charge in [-0.1, -0.05) is 54.2 Å². The van der Waals surface area contributed by atoms with E-state index in [0.29, 0.717) is 0 Å². The van der Waals surface area contributed by atoms with E-state index in [0.717, 1.165) is 5.46 Å². The van der Waals surface area contributed by atoms with E-state index in [4.69, 9.17) is 9.31 Å². The van der Waals surface area contributed by atoms with Crippen LogP contribution in [0, 0.1) is 0 Å². The highest BCUT2D eigenvalue weighted by molar-refractivity contribution is 7.99. The number of fused-ring (bicyclic) bond motifs is 2. The molecule has 3 aromatic rings. The van der Waals surface area contributed by atoms with Crippen molar-refractivity contribution in [1.29, 1.82) is 0 Å². The summed E-state index contributed by atoms with van der Waals surface area (Å²) >= 11 is 1.84. The predicted octanol–water partition coefficient (Wildman–Crippen LogP) is 5.27. The Bertz CT molecular complexity index is 1030. The lowest BCUT2D eigenvalue weighted by Gasteiger charge is -2.32. The largest absolute Gasteiger partial charge is 0.495 e. The molecule has 0 bridgehead atoms. The fourth-order valence-electron chi connectivity index (χ4n) is 3.78. The molecule has 0 radical (unpaired) electrons. The summed E-state index contributed by atoms with van der Waals surface area (Å²) in [5.41, 5.74) is 3.05. The molecule has 1 fully saturated rings. The van der Waals surface area contributed by atoms with Crippen LogP contribution < -0.4 is 5.46 Å². The first-order valence-corrected chi connectivity index (χ1v) is 9.88. The summed E-state index contributed by atoms with van der Waals surface area (Å²) in [4.78, 5) is 2.62. The quantitative estimate of drug-likeness (QED) is 0.431. The molecular formula is C22H21BO2S. The SMILES string of the molecule is CC1(C)OB(c2ccc3c4c(cccc24)Sc2ccccc2-3)OC1(C)C. The van der Waals surface area contributed by atoms with Crippen molar-refractivity contribution >= 4 is 35.1 Å². The predicted molar refractivity (Wildman–Crippen MR) is 109 cm³/mol. The Balaban J connectivity index is 1.72. The Morgan fingerprint density at radius 2 is 1.42 bits per heavy atom. The molecule has 2 heterocycles. The highest BCUT2D eigenvalue weighted by Crippen LogP contribution is 2.47. The van der Waals surface area contributed by atoms with E-state index < -0.39 is 0 Å². The van der Waals surface area contributed by atoms with Crippen molar-refractivity contribution in [2.24, 2.45) is 0 Å². The molecule has 26 heavy (non-hydrogen) atoms. The van der Waals surface area contributed by atoms with Crippen LogP contribution in [-0.2, 0) is 9.31 Å². The van der Waals surface area contributed by atoms with Crippen LogP contribution in [0.1, 0.15) is 27.7 Å². The van der Waals surface area contributed by atoms with Gasteiger partial charge in [-0.2, -0.15) is 0 Å². The maximum absolute atomic E-state index is 6.33. The molecule has 0 saturated carbocycles. The average Bonchev–Trinajstić information content (AvgIpc) is 2.83. The Hall–Kier alpha value is -1.75. The molecule has 5 rings (SSSR count). The minimum absolute atomic E-state index is 0.335. The summed E-state index contributed by atoms with van der Waals surface area (Å²) in [6.07, 6.45) is 0. The van der Waals surface area contributed by atoms with Gasteiger partial charge >= 0.3 is 7.12 Å². The van der Waals surface area contributed by atoms with E-state index in [1.807, 2.05) is 11.8 Å². The Kier molecular flexibility index (Phi) is 3.40. The molecule has 1 saturated heterocycles. The third-order valence-electron chi connectivity index (χ3n) is 5.94. The molecule has 2 nitrogen and oxygen atoms in total. The summed E-state index contributed by atoms with van der Waals surface area (Å²) in [5, 5.41) is 2.53. The third kappa shape index (κ3) is 2.22. The van der Waals surface area contributed by atoms with Gasteiger partial charge in [0.2, 0.25) is 0 Å². The highest BCUT2D eigenvalue weighted by atomic mass is 32.2. The van der Waals surface area contributed by atoms with Gasteiger partial charge in [0.05, 0.1) is 11.2 Å². The van der Waals surface area contributed by atoms with Gasteiger partial charge in [-0.15, -0.1) is 0 Å². The fraction of sp³-hybridized carbons (Fsp3) is 0.273. The van der Waals surface area contributed by atoms with Crippen LogP contribution in [-0.4, -0.2) is 18.3 Å². The van der Waals surface area contributed by atoms with E-state index in [-0.39, 0.29) is 18.3 Å². The van der Waals surface area contributed by atoms with Crippen LogP contribution in [0.15, 0.2) is 64.4 Å². The van der Waals surface area contributed by atoms with Crippen LogP contribution in [0.25, 0.3) is 21.9 Å². The van der Waals surface area contributed by atoms with E-state index in [1.165, 1.54) is 31.7 Å². The minimum atomic E-state index is -0.341. The summed E-state index contributed by atoms with van der Waals surface area (Å²) < 4.78 is 12.7. The zero-order chi connectivity index (χ0) is 18.1. The molecule has 0 aliphatic carbocycles. The first-order chi connectivity index (χ1) is 12.4. The maximum atomic E-state index is 6.33.